The van der Waals surface area contributed by atoms with Gasteiger partial charge in [0.1, 0.15) is 12.6 Å². The molecule has 4 rings (SSSR count). The molecule has 0 saturated heterocycles. The van der Waals surface area contributed by atoms with Crippen LogP contribution in [0.15, 0.2) is 72.8 Å². The summed E-state index contributed by atoms with van der Waals surface area (Å²) in [5, 5.41) is 3.24. The Labute approximate surface area is 251 Å². The van der Waals surface area contributed by atoms with Gasteiger partial charge in [-0.05, 0) is 61.4 Å². The van der Waals surface area contributed by atoms with Gasteiger partial charge < -0.3 is 10.2 Å². The maximum absolute atomic E-state index is 14.4. The van der Waals surface area contributed by atoms with Crippen LogP contribution in [0.5, 0.6) is 0 Å². The fourth-order valence-corrected chi connectivity index (χ4v) is 6.81. The minimum atomic E-state index is -3.81. The second kappa shape index (κ2) is 14.0. The van der Waals surface area contributed by atoms with Crippen molar-refractivity contribution in [3.63, 3.8) is 0 Å². The van der Waals surface area contributed by atoms with Crippen LogP contribution in [0.4, 0.5) is 5.69 Å². The summed E-state index contributed by atoms with van der Waals surface area (Å²) in [5.41, 5.74) is 4.85. The molecule has 1 aliphatic rings. The summed E-state index contributed by atoms with van der Waals surface area (Å²) in [6, 6.07) is 22.3. The predicted molar refractivity (Wildman–Crippen MR) is 169 cm³/mol. The molecule has 0 bridgehead atoms. The average molecular weight is 590 g/mol. The van der Waals surface area contributed by atoms with E-state index >= 15 is 0 Å². The first-order chi connectivity index (χ1) is 20.0. The number of nitrogens with one attached hydrogen (secondary N) is 1. The first-order valence-corrected chi connectivity index (χ1v) is 16.6. The highest BCUT2D eigenvalue weighted by molar-refractivity contribution is 7.92. The molecule has 3 aromatic carbocycles. The number of benzene rings is 3. The van der Waals surface area contributed by atoms with Crippen molar-refractivity contribution in [2.24, 2.45) is 0 Å². The number of carbonyl (C=O) groups excluding carboxylic acids is 2. The number of hydrogen-bond donors (Lipinski definition) is 1. The molecule has 42 heavy (non-hydrogen) atoms. The Bertz CT molecular complexity index is 1460. The van der Waals surface area contributed by atoms with Gasteiger partial charge in [0.05, 0.1) is 11.9 Å². The lowest BCUT2D eigenvalue weighted by Gasteiger charge is -2.35. The largest absolute Gasteiger partial charge is 0.352 e. The molecular weight excluding hydrogens is 546 g/mol. The Morgan fingerprint density at radius 3 is 2.05 bits per heavy atom. The zero-order valence-electron chi connectivity index (χ0n) is 25.2. The van der Waals surface area contributed by atoms with Crippen LogP contribution >= 0.6 is 0 Å². The first kappa shape index (κ1) is 31.3. The zero-order valence-corrected chi connectivity index (χ0v) is 26.0. The lowest BCUT2D eigenvalue weighted by atomic mass is 9.94. The van der Waals surface area contributed by atoms with Crippen LogP contribution in [-0.2, 0) is 32.6 Å². The van der Waals surface area contributed by atoms with Gasteiger partial charge in [-0.25, -0.2) is 8.42 Å². The summed E-state index contributed by atoms with van der Waals surface area (Å²) in [5.74, 6) is -0.628. The Kier molecular flexibility index (Phi) is 10.4. The number of para-hydroxylation sites is 1. The summed E-state index contributed by atoms with van der Waals surface area (Å²) in [4.78, 5) is 30.0. The molecule has 1 aliphatic carbocycles. The lowest BCUT2D eigenvalue weighted by molar-refractivity contribution is -0.140. The molecule has 2 amide bonds. The molecule has 224 valence electrons. The van der Waals surface area contributed by atoms with E-state index in [0.29, 0.717) is 12.1 Å². The van der Waals surface area contributed by atoms with Crippen molar-refractivity contribution < 1.29 is 18.0 Å². The summed E-state index contributed by atoms with van der Waals surface area (Å²) < 4.78 is 27.5. The maximum atomic E-state index is 14.4. The molecule has 1 atom stereocenters. The molecule has 3 aromatic rings. The van der Waals surface area contributed by atoms with Crippen molar-refractivity contribution in [2.45, 2.75) is 77.9 Å². The van der Waals surface area contributed by atoms with Crippen LogP contribution in [-0.4, -0.2) is 50.0 Å². The second-order valence-electron chi connectivity index (χ2n) is 11.5. The smallest absolute Gasteiger partial charge is 0.244 e. The van der Waals surface area contributed by atoms with Crippen LogP contribution < -0.4 is 9.62 Å². The van der Waals surface area contributed by atoms with Crippen molar-refractivity contribution in [3.8, 4) is 0 Å². The highest BCUT2D eigenvalue weighted by Gasteiger charge is 2.34. The van der Waals surface area contributed by atoms with Crippen molar-refractivity contribution in [3.05, 3.63) is 101 Å². The number of sulfonamides is 1. The molecule has 8 heteroatoms. The molecule has 0 radical (unpaired) electrons. The van der Waals surface area contributed by atoms with Gasteiger partial charge >= 0.3 is 0 Å². The zero-order chi connectivity index (χ0) is 30.3. The Balaban J connectivity index is 1.76. The minimum Gasteiger partial charge on any atom is -0.352 e. The van der Waals surface area contributed by atoms with Crippen molar-refractivity contribution in [1.29, 1.82) is 0 Å². The van der Waals surface area contributed by atoms with Crippen LogP contribution in [0.3, 0.4) is 0 Å². The highest BCUT2D eigenvalue weighted by Crippen LogP contribution is 2.28. The number of anilines is 1. The molecule has 0 heterocycles. The third kappa shape index (κ3) is 8.00. The molecule has 1 fully saturated rings. The topological polar surface area (TPSA) is 86.8 Å². The number of carbonyl (C=O) groups is 2. The van der Waals surface area contributed by atoms with Crippen LogP contribution in [0.1, 0.15) is 59.9 Å². The van der Waals surface area contributed by atoms with Gasteiger partial charge in [0, 0.05) is 19.0 Å². The van der Waals surface area contributed by atoms with E-state index in [2.05, 4.69) is 5.32 Å². The van der Waals surface area contributed by atoms with Crippen molar-refractivity contribution in [1.82, 2.24) is 10.2 Å². The first-order valence-electron chi connectivity index (χ1n) is 14.8. The van der Waals surface area contributed by atoms with E-state index in [9.17, 15) is 18.0 Å². The summed E-state index contributed by atoms with van der Waals surface area (Å²) >= 11 is 0. The number of aryl methyl sites for hydroxylation is 3. The van der Waals surface area contributed by atoms with Gasteiger partial charge in [0.25, 0.3) is 0 Å². The average Bonchev–Trinajstić information content (AvgIpc) is 2.95. The van der Waals surface area contributed by atoms with Gasteiger partial charge in [0.2, 0.25) is 21.8 Å². The van der Waals surface area contributed by atoms with Gasteiger partial charge in [-0.3, -0.25) is 13.9 Å². The summed E-state index contributed by atoms with van der Waals surface area (Å²) in [6.07, 6.45) is 6.58. The number of hydrogen-bond acceptors (Lipinski definition) is 4. The summed E-state index contributed by atoms with van der Waals surface area (Å²) in [6.45, 7) is 5.44. The molecule has 0 aliphatic heterocycles. The fraction of sp³-hybridized carbons (Fsp3) is 0.412. The number of rotatable bonds is 11. The molecule has 1 saturated carbocycles. The number of amides is 2. The van der Waals surface area contributed by atoms with E-state index in [1.54, 1.807) is 4.90 Å². The van der Waals surface area contributed by atoms with Crippen LogP contribution in [0.2, 0.25) is 0 Å². The Morgan fingerprint density at radius 2 is 1.43 bits per heavy atom. The van der Waals surface area contributed by atoms with E-state index in [4.69, 9.17) is 0 Å². The number of nitrogens with zero attached hydrogens (tertiary/aromatic N) is 2. The monoisotopic (exact) mass is 589 g/mol. The summed E-state index contributed by atoms with van der Waals surface area (Å²) in [7, 11) is -3.81. The van der Waals surface area contributed by atoms with Gasteiger partial charge in [0.15, 0.2) is 0 Å². The quantitative estimate of drug-likeness (QED) is 0.322. The molecular formula is C34H43N3O4S. The van der Waals surface area contributed by atoms with Gasteiger partial charge in [-0.1, -0.05) is 92.1 Å². The van der Waals surface area contributed by atoms with Crippen LogP contribution in [0, 0.1) is 20.8 Å². The van der Waals surface area contributed by atoms with E-state index in [1.165, 1.54) is 4.31 Å². The third-order valence-electron chi connectivity index (χ3n) is 8.19. The van der Waals surface area contributed by atoms with E-state index in [-0.39, 0.29) is 18.5 Å². The molecule has 0 aromatic heterocycles. The third-order valence-corrected chi connectivity index (χ3v) is 9.31. The molecule has 0 spiro atoms. The second-order valence-corrected chi connectivity index (χ2v) is 13.4. The molecule has 0 unspecified atom stereocenters. The fourth-order valence-electron chi connectivity index (χ4n) is 5.84. The highest BCUT2D eigenvalue weighted by atomic mass is 32.2. The minimum absolute atomic E-state index is 0.0714. The van der Waals surface area contributed by atoms with Gasteiger partial charge in [-0.2, -0.15) is 0 Å². The molecule has 1 N–H and O–H groups in total. The molecule has 7 nitrogen and oxygen atoms in total. The van der Waals surface area contributed by atoms with E-state index < -0.39 is 28.5 Å². The Morgan fingerprint density at radius 1 is 0.833 bits per heavy atom. The van der Waals surface area contributed by atoms with Crippen molar-refractivity contribution >= 4 is 27.5 Å². The van der Waals surface area contributed by atoms with Crippen molar-refractivity contribution in [2.75, 3.05) is 17.1 Å². The predicted octanol–water partition coefficient (Wildman–Crippen LogP) is 5.47. The SMILES string of the molecule is Cc1ccccc1CN(C(=O)CN(c1c(C)cccc1C)S(C)(=O)=O)[C@@H](Cc1ccccc1)C(=O)NC1CCCCC1. The standard InChI is InChI=1S/C34H43N3O4S/c1-25-14-11-12-19-29(25)23-36(32(38)24-37(42(4,40)41)33-26(2)15-13-16-27(33)3)31(22-28-17-7-5-8-18-28)34(39)35-30-20-9-6-10-21-30/h5,7-8,11-19,30-31H,6,9-10,20-24H2,1-4H3,(H,35,39)/t31-/m0/s1. The maximum Gasteiger partial charge on any atom is 0.244 e. The Hall–Kier alpha value is -3.65. The van der Waals surface area contributed by atoms with E-state index in [1.807, 2.05) is 93.6 Å². The van der Waals surface area contributed by atoms with Gasteiger partial charge in [-0.15, -0.1) is 0 Å². The normalized spacial score (nSPS) is 14.7. The van der Waals surface area contributed by atoms with Crippen LogP contribution in [0.25, 0.3) is 0 Å². The van der Waals surface area contributed by atoms with E-state index in [0.717, 1.165) is 66.2 Å². The lowest BCUT2D eigenvalue weighted by Crippen LogP contribution is -2.55.